The minimum absolute atomic E-state index is 0.778. The van der Waals surface area contributed by atoms with Crippen LogP contribution in [0.3, 0.4) is 0 Å². The van der Waals surface area contributed by atoms with Gasteiger partial charge >= 0.3 is 0 Å². The van der Waals surface area contributed by atoms with Gasteiger partial charge in [-0.3, -0.25) is 9.98 Å². The van der Waals surface area contributed by atoms with Gasteiger partial charge in [0.05, 0.1) is 13.1 Å². The van der Waals surface area contributed by atoms with E-state index in [2.05, 4.69) is 19.5 Å². The minimum atomic E-state index is 0.778. The van der Waals surface area contributed by atoms with Gasteiger partial charge in [0.25, 0.3) is 0 Å². The summed E-state index contributed by atoms with van der Waals surface area (Å²) in [5.74, 6) is 0. The molecule has 4 heteroatoms. The molecule has 0 atom stereocenters. The Morgan fingerprint density at radius 2 is 1.00 bits per heavy atom. The Morgan fingerprint density at radius 1 is 0.625 bits per heavy atom. The molecule has 16 heavy (non-hydrogen) atoms. The Kier molecular flexibility index (Phi) is 7.42. The van der Waals surface area contributed by atoms with Crippen LogP contribution in [0.2, 0.25) is 0 Å². The maximum absolute atomic E-state index is 4.65. The summed E-state index contributed by atoms with van der Waals surface area (Å²) in [6.07, 6.45) is 2.97. The molecule has 0 spiro atoms. The van der Waals surface area contributed by atoms with E-state index in [-0.39, 0.29) is 0 Å². The third-order valence-corrected chi connectivity index (χ3v) is 1.64. The van der Waals surface area contributed by atoms with Crippen LogP contribution in [-0.4, -0.2) is 39.1 Å². The van der Waals surface area contributed by atoms with Gasteiger partial charge in [0.1, 0.15) is 13.2 Å². The molecule has 2 aliphatic rings. The van der Waals surface area contributed by atoms with E-state index < -0.39 is 0 Å². The first kappa shape index (κ1) is 12.2. The lowest BCUT2D eigenvalue weighted by atomic mass is 10.4. The van der Waals surface area contributed by atoms with Crippen molar-refractivity contribution in [1.29, 1.82) is 0 Å². The Morgan fingerprint density at radius 3 is 1.12 bits per heavy atom. The maximum Gasteiger partial charge on any atom is 0.169 e. The maximum atomic E-state index is 4.65. The molecule has 0 saturated heterocycles. The summed E-state index contributed by atoms with van der Waals surface area (Å²) in [4.78, 5) is 7.47. The van der Waals surface area contributed by atoms with Gasteiger partial charge in [-0.15, -0.1) is 0 Å². The number of hydrogen-bond acceptors (Lipinski definition) is 4. The predicted octanol–water partition coefficient (Wildman–Crippen LogP) is 1.78. The fourth-order valence-corrected chi connectivity index (χ4v) is 0.912. The van der Waals surface area contributed by atoms with E-state index in [4.69, 9.17) is 0 Å². The van der Waals surface area contributed by atoms with Crippen molar-refractivity contribution in [3.8, 4) is 0 Å². The quantitative estimate of drug-likeness (QED) is 0.668. The van der Waals surface area contributed by atoms with E-state index in [1.807, 2.05) is 36.4 Å². The topological polar surface area (TPSA) is 43.2 Å². The Bertz CT molecular complexity index is 244. The lowest BCUT2D eigenvalue weighted by molar-refractivity contribution is 0.361. The van der Waals surface area contributed by atoms with Crippen molar-refractivity contribution in [2.45, 2.75) is 0 Å². The Labute approximate surface area is 95.6 Å². The van der Waals surface area contributed by atoms with Crippen LogP contribution in [-0.2, 0) is 9.47 Å². The second-order valence-electron chi connectivity index (χ2n) is 2.92. The highest BCUT2D eigenvalue weighted by Crippen LogP contribution is 1.80. The number of hydrogen-bond donors (Lipinski definition) is 0. The van der Waals surface area contributed by atoms with Crippen molar-refractivity contribution in [3.63, 3.8) is 0 Å². The molecule has 0 amide bonds. The molecule has 3 rings (SSSR count). The van der Waals surface area contributed by atoms with Gasteiger partial charge in [0, 0.05) is 0 Å². The predicted molar refractivity (Wildman–Crippen MR) is 65.1 cm³/mol. The zero-order chi connectivity index (χ0) is 11.3. The Balaban J connectivity index is 0.000000121. The first-order chi connectivity index (χ1) is 8.00. The molecule has 4 nitrogen and oxygen atoms in total. The van der Waals surface area contributed by atoms with Crippen LogP contribution in [0.4, 0.5) is 0 Å². The van der Waals surface area contributed by atoms with Gasteiger partial charge in [-0.25, -0.2) is 0 Å². The number of nitrogens with zero attached hydrogens (tertiary/aromatic N) is 2. The van der Waals surface area contributed by atoms with Gasteiger partial charge in [0.15, 0.2) is 12.8 Å². The summed E-state index contributed by atoms with van der Waals surface area (Å²) in [5, 5.41) is 0. The number of aliphatic imine (C=N–C) groups is 2. The average molecular weight is 220 g/mol. The summed E-state index contributed by atoms with van der Waals surface area (Å²) >= 11 is 0. The summed E-state index contributed by atoms with van der Waals surface area (Å²) in [7, 11) is 0. The molecular formula is C12H16N2O2. The van der Waals surface area contributed by atoms with Crippen molar-refractivity contribution >= 4 is 12.8 Å². The molecule has 2 aliphatic heterocycles. The monoisotopic (exact) mass is 220 g/mol. The lowest BCUT2D eigenvalue weighted by Crippen LogP contribution is -1.80. The molecule has 0 radical (unpaired) electrons. The first-order valence-electron chi connectivity index (χ1n) is 5.20. The van der Waals surface area contributed by atoms with Crippen LogP contribution in [0.1, 0.15) is 0 Å². The van der Waals surface area contributed by atoms with E-state index in [1.165, 1.54) is 12.8 Å². The van der Waals surface area contributed by atoms with Gasteiger partial charge < -0.3 is 9.47 Å². The van der Waals surface area contributed by atoms with Crippen LogP contribution in [0.25, 0.3) is 0 Å². The van der Waals surface area contributed by atoms with Crippen LogP contribution < -0.4 is 0 Å². The molecule has 0 saturated carbocycles. The number of ether oxygens (including phenoxy) is 2. The zero-order valence-corrected chi connectivity index (χ0v) is 9.16. The second kappa shape index (κ2) is 9.71. The van der Waals surface area contributed by atoms with Crippen molar-refractivity contribution < 1.29 is 9.47 Å². The SMILES string of the molecule is C1=NCCO1.C1=NCCO1.c1ccccc1. The molecule has 0 fully saturated rings. The Hall–Kier alpha value is -1.84. The second-order valence-corrected chi connectivity index (χ2v) is 2.92. The molecule has 0 unspecified atom stereocenters. The molecular weight excluding hydrogens is 204 g/mol. The molecule has 2 heterocycles. The zero-order valence-electron chi connectivity index (χ0n) is 9.16. The van der Waals surface area contributed by atoms with Crippen LogP contribution >= 0.6 is 0 Å². The highest BCUT2D eigenvalue weighted by Gasteiger charge is 1.85. The molecule has 0 aromatic heterocycles. The van der Waals surface area contributed by atoms with Crippen molar-refractivity contribution in [1.82, 2.24) is 0 Å². The standard InChI is InChI=1S/C6H6.2C3H5NO/c1-2-4-6-5-3-1;2*1-2-5-3-4-1/h1-6H;2*3H,1-2H2. The summed E-state index contributed by atoms with van der Waals surface area (Å²) in [5.41, 5.74) is 0. The van der Waals surface area contributed by atoms with E-state index in [0.717, 1.165) is 26.3 Å². The fourth-order valence-electron chi connectivity index (χ4n) is 0.912. The average Bonchev–Trinajstić information content (AvgIpc) is 3.10. The summed E-state index contributed by atoms with van der Waals surface area (Å²) < 4.78 is 9.31. The van der Waals surface area contributed by atoms with E-state index in [0.29, 0.717) is 0 Å². The lowest BCUT2D eigenvalue weighted by Gasteiger charge is -1.76. The summed E-state index contributed by atoms with van der Waals surface area (Å²) in [6, 6.07) is 12.0. The van der Waals surface area contributed by atoms with E-state index in [1.54, 1.807) is 0 Å². The van der Waals surface area contributed by atoms with Crippen molar-refractivity contribution in [3.05, 3.63) is 36.4 Å². The van der Waals surface area contributed by atoms with E-state index in [9.17, 15) is 0 Å². The van der Waals surface area contributed by atoms with Crippen molar-refractivity contribution in [2.24, 2.45) is 9.98 Å². The van der Waals surface area contributed by atoms with Gasteiger partial charge in [0.2, 0.25) is 0 Å². The minimum Gasteiger partial charge on any atom is -0.482 e. The van der Waals surface area contributed by atoms with Gasteiger partial charge in [-0.2, -0.15) is 0 Å². The third kappa shape index (κ3) is 7.55. The molecule has 86 valence electrons. The summed E-state index contributed by atoms with van der Waals surface area (Å²) in [6.45, 7) is 3.25. The number of rotatable bonds is 0. The third-order valence-electron chi connectivity index (χ3n) is 1.64. The first-order valence-corrected chi connectivity index (χ1v) is 5.20. The highest BCUT2D eigenvalue weighted by molar-refractivity contribution is 5.48. The van der Waals surface area contributed by atoms with E-state index >= 15 is 0 Å². The van der Waals surface area contributed by atoms with Gasteiger partial charge in [-0.1, -0.05) is 36.4 Å². The molecule has 0 N–H and O–H groups in total. The number of benzene rings is 1. The van der Waals surface area contributed by atoms with Gasteiger partial charge in [-0.05, 0) is 0 Å². The highest BCUT2D eigenvalue weighted by atomic mass is 16.5. The normalized spacial score (nSPS) is 15.0. The van der Waals surface area contributed by atoms with Crippen LogP contribution in [0.15, 0.2) is 46.4 Å². The molecule has 1 aromatic rings. The molecule has 0 aliphatic carbocycles. The van der Waals surface area contributed by atoms with Crippen LogP contribution in [0, 0.1) is 0 Å². The largest absolute Gasteiger partial charge is 0.482 e. The van der Waals surface area contributed by atoms with Crippen LogP contribution in [0.5, 0.6) is 0 Å². The fraction of sp³-hybridized carbons (Fsp3) is 0.333. The molecule has 0 bridgehead atoms. The molecule has 1 aromatic carbocycles. The van der Waals surface area contributed by atoms with Crippen molar-refractivity contribution in [2.75, 3.05) is 26.3 Å². The smallest absolute Gasteiger partial charge is 0.169 e.